The molecule has 2 rings (SSSR count). The van der Waals surface area contributed by atoms with Crippen molar-refractivity contribution in [1.82, 2.24) is 0 Å². The van der Waals surface area contributed by atoms with E-state index in [0.29, 0.717) is 17.1 Å². The number of aliphatic hydroxyl groups excluding tert-OH is 1. The lowest BCUT2D eigenvalue weighted by molar-refractivity contribution is -0.270. The Morgan fingerprint density at radius 3 is 2.23 bits per heavy atom. The molecule has 5 nitrogen and oxygen atoms in total. The lowest BCUT2D eigenvalue weighted by Crippen LogP contribution is -2.22. The van der Waals surface area contributed by atoms with Crippen LogP contribution in [0.1, 0.15) is 18.6 Å². The van der Waals surface area contributed by atoms with Gasteiger partial charge in [-0.05, 0) is 30.7 Å². The Labute approximate surface area is 129 Å². The molecule has 2 aromatic carbocycles. The molecular formula is C17H19O5-. The van der Waals surface area contributed by atoms with Gasteiger partial charge in [0.15, 0.2) is 11.5 Å². The van der Waals surface area contributed by atoms with Crippen LogP contribution in [-0.4, -0.2) is 25.4 Å². The van der Waals surface area contributed by atoms with Crippen LogP contribution in [0.25, 0.3) is 0 Å². The summed E-state index contributed by atoms with van der Waals surface area (Å²) in [6.45, 7) is 1.74. The van der Waals surface area contributed by atoms with E-state index in [1.807, 2.05) is 12.1 Å². The van der Waals surface area contributed by atoms with Crippen LogP contribution in [0, 0.1) is 0 Å². The summed E-state index contributed by atoms with van der Waals surface area (Å²) in [5, 5.41) is 21.9. The van der Waals surface area contributed by atoms with Crippen LogP contribution in [0.2, 0.25) is 0 Å². The maximum atomic E-state index is 11.5. The molecule has 0 amide bonds. The maximum absolute atomic E-state index is 11.5. The summed E-state index contributed by atoms with van der Waals surface area (Å²) in [6.07, 6.45) is -1.43. The lowest BCUT2D eigenvalue weighted by atomic mass is 10.0. The summed E-state index contributed by atoms with van der Waals surface area (Å²) < 4.78 is 16.0. The van der Waals surface area contributed by atoms with Crippen molar-refractivity contribution >= 4 is 0 Å². The van der Waals surface area contributed by atoms with Crippen LogP contribution in [0.15, 0.2) is 42.5 Å². The van der Waals surface area contributed by atoms with Gasteiger partial charge >= 0.3 is 0 Å². The van der Waals surface area contributed by atoms with Crippen molar-refractivity contribution in [3.05, 3.63) is 48.0 Å². The minimum atomic E-state index is -0.903. The lowest BCUT2D eigenvalue weighted by Gasteiger charge is -2.23. The molecule has 0 heterocycles. The SMILES string of the molecule is COc1cc(C(O)C(C)Oc2ccccc2OC)ccc1[O-]. The number of benzene rings is 2. The Morgan fingerprint density at radius 2 is 1.59 bits per heavy atom. The second-order valence-corrected chi connectivity index (χ2v) is 4.83. The summed E-state index contributed by atoms with van der Waals surface area (Å²) in [7, 11) is 2.97. The topological polar surface area (TPSA) is 71.0 Å². The highest BCUT2D eigenvalue weighted by Gasteiger charge is 2.20. The summed E-state index contributed by atoms with van der Waals surface area (Å²) >= 11 is 0. The Morgan fingerprint density at radius 1 is 0.955 bits per heavy atom. The number of hydrogen-bond acceptors (Lipinski definition) is 5. The van der Waals surface area contributed by atoms with Crippen molar-refractivity contribution in [3.63, 3.8) is 0 Å². The molecule has 0 aromatic heterocycles. The van der Waals surface area contributed by atoms with E-state index >= 15 is 0 Å². The molecule has 0 radical (unpaired) electrons. The third kappa shape index (κ3) is 3.43. The van der Waals surface area contributed by atoms with Crippen molar-refractivity contribution in [2.45, 2.75) is 19.1 Å². The maximum Gasteiger partial charge on any atom is 0.161 e. The van der Waals surface area contributed by atoms with Crippen LogP contribution in [0.4, 0.5) is 0 Å². The van der Waals surface area contributed by atoms with E-state index < -0.39 is 12.2 Å². The van der Waals surface area contributed by atoms with E-state index in [9.17, 15) is 10.2 Å². The van der Waals surface area contributed by atoms with Gasteiger partial charge in [0, 0.05) is 0 Å². The average Bonchev–Trinajstić information content (AvgIpc) is 2.55. The van der Waals surface area contributed by atoms with Crippen LogP contribution < -0.4 is 19.3 Å². The highest BCUT2D eigenvalue weighted by molar-refractivity contribution is 5.42. The summed E-state index contributed by atoms with van der Waals surface area (Å²) in [4.78, 5) is 0. The largest absolute Gasteiger partial charge is 0.870 e. The highest BCUT2D eigenvalue weighted by atomic mass is 16.5. The smallest absolute Gasteiger partial charge is 0.161 e. The van der Waals surface area contributed by atoms with Crippen LogP contribution in [0.3, 0.4) is 0 Å². The van der Waals surface area contributed by atoms with Gasteiger partial charge in [0.2, 0.25) is 0 Å². The third-order valence-electron chi connectivity index (χ3n) is 3.36. The molecule has 0 fully saturated rings. The second-order valence-electron chi connectivity index (χ2n) is 4.83. The number of methoxy groups -OCH3 is 2. The summed E-state index contributed by atoms with van der Waals surface area (Å²) in [5.74, 6) is 1.11. The van der Waals surface area contributed by atoms with Gasteiger partial charge < -0.3 is 24.4 Å². The van der Waals surface area contributed by atoms with Gasteiger partial charge in [-0.25, -0.2) is 0 Å². The molecular weight excluding hydrogens is 284 g/mol. The molecule has 22 heavy (non-hydrogen) atoms. The van der Waals surface area contributed by atoms with Crippen LogP contribution >= 0.6 is 0 Å². The zero-order valence-electron chi connectivity index (χ0n) is 12.8. The second kappa shape index (κ2) is 7.04. The highest BCUT2D eigenvalue weighted by Crippen LogP contribution is 2.32. The Hall–Kier alpha value is -2.40. The Kier molecular flexibility index (Phi) is 5.12. The van der Waals surface area contributed by atoms with Crippen LogP contribution in [0.5, 0.6) is 23.0 Å². The zero-order valence-corrected chi connectivity index (χ0v) is 12.8. The quantitative estimate of drug-likeness (QED) is 0.886. The fourth-order valence-corrected chi connectivity index (χ4v) is 2.12. The molecule has 5 heteroatoms. The molecule has 0 aliphatic rings. The molecule has 118 valence electrons. The number of hydrogen-bond donors (Lipinski definition) is 1. The number of para-hydroxylation sites is 2. The molecule has 2 unspecified atom stereocenters. The van der Waals surface area contributed by atoms with Gasteiger partial charge in [-0.15, -0.1) is 0 Å². The van der Waals surface area contributed by atoms with Crippen molar-refractivity contribution in [3.8, 4) is 23.0 Å². The van der Waals surface area contributed by atoms with Gasteiger partial charge in [0.05, 0.1) is 14.2 Å². The summed E-state index contributed by atoms with van der Waals surface area (Å²) in [6, 6.07) is 11.7. The summed E-state index contributed by atoms with van der Waals surface area (Å²) in [5.41, 5.74) is 0.554. The third-order valence-corrected chi connectivity index (χ3v) is 3.36. The van der Waals surface area contributed by atoms with E-state index in [4.69, 9.17) is 14.2 Å². The molecule has 0 aliphatic carbocycles. The standard InChI is InChI=1S/C17H20O5/c1-11(22-15-7-5-4-6-14(15)20-2)17(19)12-8-9-13(18)16(10-12)21-3/h4-11,17-19H,1-3H3/p-1. The van der Waals surface area contributed by atoms with Crippen molar-refractivity contribution in [2.24, 2.45) is 0 Å². The molecule has 0 bridgehead atoms. The Bertz CT molecular complexity index is 626. The van der Waals surface area contributed by atoms with Gasteiger partial charge in [-0.1, -0.05) is 30.0 Å². The monoisotopic (exact) mass is 303 g/mol. The molecule has 2 aromatic rings. The predicted octanol–water partition coefficient (Wildman–Crippen LogP) is 2.28. The molecule has 2 atom stereocenters. The van der Waals surface area contributed by atoms with Crippen molar-refractivity contribution in [2.75, 3.05) is 14.2 Å². The first kappa shape index (κ1) is 16.0. The minimum absolute atomic E-state index is 0.195. The number of rotatable bonds is 6. The van der Waals surface area contributed by atoms with E-state index in [2.05, 4.69) is 0 Å². The first-order valence-electron chi connectivity index (χ1n) is 6.89. The van der Waals surface area contributed by atoms with E-state index in [-0.39, 0.29) is 11.5 Å². The molecule has 0 spiro atoms. The first-order chi connectivity index (χ1) is 10.6. The fraction of sp³-hybridized carbons (Fsp3) is 0.294. The van der Waals surface area contributed by atoms with E-state index in [1.165, 1.54) is 19.2 Å². The number of ether oxygens (including phenoxy) is 3. The van der Waals surface area contributed by atoms with Crippen molar-refractivity contribution in [1.29, 1.82) is 0 Å². The molecule has 0 saturated carbocycles. The van der Waals surface area contributed by atoms with Gasteiger partial charge in [-0.2, -0.15) is 0 Å². The molecule has 1 N–H and O–H groups in total. The fourth-order valence-electron chi connectivity index (χ4n) is 2.12. The van der Waals surface area contributed by atoms with Crippen molar-refractivity contribution < 1.29 is 24.4 Å². The molecule has 0 aliphatic heterocycles. The van der Waals surface area contributed by atoms with Gasteiger partial charge in [0.25, 0.3) is 0 Å². The van der Waals surface area contributed by atoms with Gasteiger partial charge in [0.1, 0.15) is 18.0 Å². The average molecular weight is 303 g/mol. The first-order valence-corrected chi connectivity index (χ1v) is 6.89. The van der Waals surface area contributed by atoms with E-state index in [0.717, 1.165) is 0 Å². The number of aliphatic hydroxyl groups is 1. The van der Waals surface area contributed by atoms with Gasteiger partial charge in [-0.3, -0.25) is 0 Å². The predicted molar refractivity (Wildman–Crippen MR) is 80.5 cm³/mol. The zero-order chi connectivity index (χ0) is 16.1. The van der Waals surface area contributed by atoms with Crippen LogP contribution in [-0.2, 0) is 0 Å². The van der Waals surface area contributed by atoms with E-state index in [1.54, 1.807) is 32.2 Å². The minimum Gasteiger partial charge on any atom is -0.870 e. The normalized spacial score (nSPS) is 13.3. The Balaban J connectivity index is 2.16. The molecule has 0 saturated heterocycles.